The van der Waals surface area contributed by atoms with Gasteiger partial charge in [0.25, 0.3) is 0 Å². The van der Waals surface area contributed by atoms with Gasteiger partial charge >= 0.3 is 0 Å². The summed E-state index contributed by atoms with van der Waals surface area (Å²) in [4.78, 5) is 12.3. The van der Waals surface area contributed by atoms with Crippen molar-refractivity contribution in [2.75, 3.05) is 18.0 Å². The highest BCUT2D eigenvalue weighted by Crippen LogP contribution is 2.17. The summed E-state index contributed by atoms with van der Waals surface area (Å²) >= 11 is 0. The van der Waals surface area contributed by atoms with E-state index in [1.165, 1.54) is 5.56 Å². The summed E-state index contributed by atoms with van der Waals surface area (Å²) in [6.07, 6.45) is 4.00. The Bertz CT molecular complexity index is 521. The van der Waals surface area contributed by atoms with Gasteiger partial charge in [-0.1, -0.05) is 36.4 Å². The zero-order chi connectivity index (χ0) is 14.3. The van der Waals surface area contributed by atoms with Crippen LogP contribution >= 0.6 is 0 Å². The summed E-state index contributed by atoms with van der Waals surface area (Å²) in [6, 6.07) is 16.7. The van der Waals surface area contributed by atoms with E-state index in [0.717, 1.165) is 31.7 Å². The number of hydroxylamine groups is 1. The van der Waals surface area contributed by atoms with E-state index in [1.807, 2.05) is 36.5 Å². The van der Waals surface area contributed by atoms with Crippen LogP contribution in [0.15, 0.2) is 54.7 Å². The highest BCUT2D eigenvalue weighted by atomic mass is 16.6. The molecule has 1 aromatic carbocycles. The number of hydrogen-bond acceptors (Lipinski definition) is 4. The summed E-state index contributed by atoms with van der Waals surface area (Å²) in [5.74, 6) is 1.07. The minimum atomic E-state index is 0.425. The molecule has 3 rings (SSSR count). The number of nitrogens with one attached hydrogen (secondary N) is 1. The molecule has 21 heavy (non-hydrogen) atoms. The monoisotopic (exact) mass is 283 g/mol. The number of aromatic nitrogens is 1. The predicted molar refractivity (Wildman–Crippen MR) is 83.8 cm³/mol. The molecule has 0 aliphatic carbocycles. The predicted octanol–water partition coefficient (Wildman–Crippen LogP) is 2.77. The van der Waals surface area contributed by atoms with Crippen molar-refractivity contribution >= 4 is 5.82 Å². The Labute approximate surface area is 125 Å². The van der Waals surface area contributed by atoms with Crippen molar-refractivity contribution in [3.8, 4) is 0 Å². The first kappa shape index (κ1) is 14.0. The number of piperidine rings is 1. The lowest BCUT2D eigenvalue weighted by Gasteiger charge is -2.32. The number of nitrogens with zero attached hydrogens (tertiary/aromatic N) is 2. The maximum Gasteiger partial charge on any atom is 0.128 e. The van der Waals surface area contributed by atoms with Crippen LogP contribution in [-0.4, -0.2) is 24.1 Å². The molecule has 0 spiro atoms. The van der Waals surface area contributed by atoms with E-state index >= 15 is 0 Å². The van der Waals surface area contributed by atoms with E-state index in [9.17, 15) is 0 Å². The lowest BCUT2D eigenvalue weighted by molar-refractivity contribution is -0.00169. The molecule has 2 aromatic rings. The van der Waals surface area contributed by atoms with Crippen molar-refractivity contribution in [2.24, 2.45) is 0 Å². The number of rotatable bonds is 5. The summed E-state index contributed by atoms with van der Waals surface area (Å²) in [6.45, 7) is 2.65. The lowest BCUT2D eigenvalue weighted by atomic mass is 10.1. The number of anilines is 1. The van der Waals surface area contributed by atoms with Crippen molar-refractivity contribution in [3.63, 3.8) is 0 Å². The molecule has 1 N–H and O–H groups in total. The third kappa shape index (κ3) is 4.03. The van der Waals surface area contributed by atoms with Crippen LogP contribution in [0.2, 0.25) is 0 Å². The van der Waals surface area contributed by atoms with E-state index in [2.05, 4.69) is 33.6 Å². The van der Waals surface area contributed by atoms with Crippen molar-refractivity contribution in [1.82, 2.24) is 10.5 Å². The van der Waals surface area contributed by atoms with Gasteiger partial charge in [-0.3, -0.25) is 4.84 Å². The zero-order valence-corrected chi connectivity index (χ0v) is 12.1. The van der Waals surface area contributed by atoms with Gasteiger partial charge in [-0.05, 0) is 30.5 Å². The van der Waals surface area contributed by atoms with Crippen LogP contribution in [0.4, 0.5) is 5.82 Å². The molecule has 0 amide bonds. The van der Waals surface area contributed by atoms with E-state index in [-0.39, 0.29) is 0 Å². The molecule has 4 nitrogen and oxygen atoms in total. The van der Waals surface area contributed by atoms with Gasteiger partial charge in [0.05, 0.1) is 6.61 Å². The largest absolute Gasteiger partial charge is 0.357 e. The van der Waals surface area contributed by atoms with Gasteiger partial charge in [0.2, 0.25) is 0 Å². The molecule has 0 bridgehead atoms. The second-order valence-electron chi connectivity index (χ2n) is 5.34. The third-order valence-electron chi connectivity index (χ3n) is 3.80. The summed E-state index contributed by atoms with van der Waals surface area (Å²) in [7, 11) is 0. The van der Waals surface area contributed by atoms with Gasteiger partial charge in [0.15, 0.2) is 0 Å². The first-order valence-electron chi connectivity index (χ1n) is 7.49. The average molecular weight is 283 g/mol. The van der Waals surface area contributed by atoms with Crippen molar-refractivity contribution in [1.29, 1.82) is 0 Å². The van der Waals surface area contributed by atoms with Gasteiger partial charge in [0.1, 0.15) is 5.82 Å². The molecule has 1 fully saturated rings. The average Bonchev–Trinajstić information content (AvgIpc) is 2.57. The van der Waals surface area contributed by atoms with Crippen molar-refractivity contribution in [3.05, 3.63) is 60.3 Å². The van der Waals surface area contributed by atoms with Crippen LogP contribution in [0.1, 0.15) is 18.4 Å². The van der Waals surface area contributed by atoms with Crippen molar-refractivity contribution < 1.29 is 4.84 Å². The molecule has 0 atom stereocenters. The Morgan fingerprint density at radius 1 is 1.05 bits per heavy atom. The summed E-state index contributed by atoms with van der Waals surface area (Å²) < 4.78 is 0. The van der Waals surface area contributed by atoms with Gasteiger partial charge in [-0.25, -0.2) is 4.98 Å². The molecule has 0 radical (unpaired) electrons. The minimum Gasteiger partial charge on any atom is -0.357 e. The van der Waals surface area contributed by atoms with E-state index in [4.69, 9.17) is 4.84 Å². The Morgan fingerprint density at radius 3 is 2.52 bits per heavy atom. The second kappa shape index (κ2) is 7.20. The van der Waals surface area contributed by atoms with Crippen LogP contribution in [0.5, 0.6) is 0 Å². The fraction of sp³-hybridized carbons (Fsp3) is 0.353. The minimum absolute atomic E-state index is 0.425. The maximum absolute atomic E-state index is 5.62. The standard InChI is InChI=1S/C17H21N3O/c1-2-6-15(7-3-1)14-21-19-16-9-12-20(13-10-16)17-8-4-5-11-18-17/h1-8,11,16,19H,9-10,12-14H2. The molecule has 0 saturated carbocycles. The molecular weight excluding hydrogens is 262 g/mol. The fourth-order valence-electron chi connectivity index (χ4n) is 2.58. The number of benzene rings is 1. The Morgan fingerprint density at radius 2 is 1.81 bits per heavy atom. The topological polar surface area (TPSA) is 37.4 Å². The van der Waals surface area contributed by atoms with Gasteiger partial charge in [-0.15, -0.1) is 0 Å². The first-order chi connectivity index (χ1) is 10.4. The molecule has 110 valence electrons. The van der Waals surface area contributed by atoms with E-state index in [1.54, 1.807) is 0 Å². The van der Waals surface area contributed by atoms with Crippen LogP contribution in [0.25, 0.3) is 0 Å². The highest BCUT2D eigenvalue weighted by molar-refractivity contribution is 5.38. The Hall–Kier alpha value is -1.91. The van der Waals surface area contributed by atoms with Gasteiger partial charge in [0, 0.05) is 25.3 Å². The Kier molecular flexibility index (Phi) is 4.82. The van der Waals surface area contributed by atoms with Crippen LogP contribution in [0, 0.1) is 0 Å². The molecular formula is C17H21N3O. The molecule has 0 unspecified atom stereocenters. The molecule has 1 aliphatic rings. The smallest absolute Gasteiger partial charge is 0.128 e. The summed E-state index contributed by atoms with van der Waals surface area (Å²) in [5, 5.41) is 0. The van der Waals surface area contributed by atoms with Crippen molar-refractivity contribution in [2.45, 2.75) is 25.5 Å². The maximum atomic E-state index is 5.62. The van der Waals surface area contributed by atoms with Crippen LogP contribution < -0.4 is 10.4 Å². The quantitative estimate of drug-likeness (QED) is 0.856. The molecule has 1 aromatic heterocycles. The fourth-order valence-corrected chi connectivity index (χ4v) is 2.58. The van der Waals surface area contributed by atoms with Gasteiger partial charge < -0.3 is 4.90 Å². The van der Waals surface area contributed by atoms with Crippen LogP contribution in [-0.2, 0) is 11.4 Å². The second-order valence-corrected chi connectivity index (χ2v) is 5.34. The Balaban J connectivity index is 1.40. The molecule has 1 aliphatic heterocycles. The number of hydrogen-bond donors (Lipinski definition) is 1. The van der Waals surface area contributed by atoms with Gasteiger partial charge in [-0.2, -0.15) is 5.48 Å². The first-order valence-corrected chi connectivity index (χ1v) is 7.49. The third-order valence-corrected chi connectivity index (χ3v) is 3.80. The van der Waals surface area contributed by atoms with E-state index < -0.39 is 0 Å². The highest BCUT2D eigenvalue weighted by Gasteiger charge is 2.19. The zero-order valence-electron chi connectivity index (χ0n) is 12.1. The molecule has 2 heterocycles. The van der Waals surface area contributed by atoms with E-state index in [0.29, 0.717) is 12.6 Å². The normalized spacial score (nSPS) is 16.1. The summed E-state index contributed by atoms with van der Waals surface area (Å²) in [5.41, 5.74) is 4.39. The SMILES string of the molecule is c1ccc(CONC2CCN(c3ccccn3)CC2)cc1. The van der Waals surface area contributed by atoms with Crippen LogP contribution in [0.3, 0.4) is 0 Å². The molecule has 4 heteroatoms. The molecule has 1 saturated heterocycles. The number of pyridine rings is 1. The lowest BCUT2D eigenvalue weighted by Crippen LogP contribution is -2.42.